The average molecular weight is 610 g/mol. The highest BCUT2D eigenvalue weighted by Gasteiger charge is 2.30. The average Bonchev–Trinajstić information content (AvgIpc) is 3.50. The minimum absolute atomic E-state index is 0.000925. The minimum atomic E-state index is -0.104. The Morgan fingerprint density at radius 1 is 1.16 bits per heavy atom. The van der Waals surface area contributed by atoms with E-state index >= 15 is 0 Å². The third kappa shape index (κ3) is 4.43. The van der Waals surface area contributed by atoms with E-state index in [1.165, 1.54) is 11.8 Å². The van der Waals surface area contributed by atoms with Crippen molar-refractivity contribution in [1.29, 1.82) is 0 Å². The van der Waals surface area contributed by atoms with Crippen molar-refractivity contribution in [3.8, 4) is 5.69 Å². The van der Waals surface area contributed by atoms with Crippen LogP contribution in [-0.4, -0.2) is 36.8 Å². The second-order valence-corrected chi connectivity index (χ2v) is 12.7. The van der Waals surface area contributed by atoms with E-state index in [0.717, 1.165) is 31.0 Å². The predicted octanol–water partition coefficient (Wildman–Crippen LogP) is 6.24. The first kappa shape index (κ1) is 25.5. The third-order valence-electron chi connectivity index (χ3n) is 6.88. The lowest BCUT2D eigenvalue weighted by molar-refractivity contribution is 0.00200. The molecular weight excluding hydrogens is 584 g/mol. The molecule has 2 aromatic carbocycles. The van der Waals surface area contributed by atoms with Crippen LogP contribution in [0.2, 0.25) is 0 Å². The molecule has 1 aliphatic heterocycles. The highest BCUT2D eigenvalue weighted by Crippen LogP contribution is 2.37. The van der Waals surface area contributed by atoms with Crippen LogP contribution in [0.4, 0.5) is 0 Å². The van der Waals surface area contributed by atoms with Gasteiger partial charge in [-0.3, -0.25) is 9.59 Å². The molecule has 0 aliphatic carbocycles. The maximum absolute atomic E-state index is 14.1. The van der Waals surface area contributed by atoms with E-state index in [1.54, 1.807) is 28.0 Å². The van der Waals surface area contributed by atoms with E-state index in [1.807, 2.05) is 47.7 Å². The summed E-state index contributed by atoms with van der Waals surface area (Å²) < 4.78 is 10.6. The number of halogens is 1. The first-order valence-corrected chi connectivity index (χ1v) is 15.0. The van der Waals surface area contributed by atoms with Crippen LogP contribution in [0.3, 0.4) is 0 Å². The summed E-state index contributed by atoms with van der Waals surface area (Å²) in [6.07, 6.45) is 0.746. The Balaban J connectivity index is 1.52. The smallest absolute Gasteiger partial charge is 0.268 e. The molecule has 0 N–H and O–H groups in total. The van der Waals surface area contributed by atoms with Gasteiger partial charge in [-0.25, -0.2) is 8.97 Å². The van der Waals surface area contributed by atoms with Crippen molar-refractivity contribution in [3.63, 3.8) is 0 Å². The molecule has 3 aromatic heterocycles. The number of carbonyl (C=O) groups excluding carboxylic acids is 1. The number of hydrogen-bond donors (Lipinski definition) is 0. The van der Waals surface area contributed by atoms with Gasteiger partial charge in [0.2, 0.25) is 5.78 Å². The molecule has 4 heterocycles. The lowest BCUT2D eigenvalue weighted by Crippen LogP contribution is -2.28. The van der Waals surface area contributed by atoms with Crippen LogP contribution in [0.1, 0.15) is 40.2 Å². The number of ketones is 1. The molecule has 38 heavy (non-hydrogen) atoms. The Hall–Kier alpha value is -2.79. The summed E-state index contributed by atoms with van der Waals surface area (Å²) in [5, 5.41) is 10.2. The Morgan fingerprint density at radius 2 is 1.89 bits per heavy atom. The Bertz CT molecular complexity index is 1740. The van der Waals surface area contributed by atoms with E-state index in [9.17, 15) is 9.59 Å². The first-order valence-electron chi connectivity index (χ1n) is 12.4. The summed E-state index contributed by atoms with van der Waals surface area (Å²) in [6, 6.07) is 15.2. The van der Waals surface area contributed by atoms with Crippen molar-refractivity contribution in [2.75, 3.05) is 5.75 Å². The number of thiophene rings is 1. The SMILES string of the molecule is Cc1ccc(-n2c(=O)c3c4c(sc3n3c(SCC(=O)c5ccc(Br)cc5)nnc23)CO[C@H](C(C)C)C4)cc1. The van der Waals surface area contributed by atoms with Gasteiger partial charge in [-0.05, 0) is 42.7 Å². The van der Waals surface area contributed by atoms with Gasteiger partial charge in [0.25, 0.3) is 5.56 Å². The van der Waals surface area contributed by atoms with E-state index in [2.05, 4.69) is 40.0 Å². The summed E-state index contributed by atoms with van der Waals surface area (Å²) in [6.45, 7) is 6.78. The fourth-order valence-corrected chi connectivity index (χ4v) is 7.13. The van der Waals surface area contributed by atoms with Crippen LogP contribution < -0.4 is 5.56 Å². The van der Waals surface area contributed by atoms with Crippen molar-refractivity contribution < 1.29 is 9.53 Å². The van der Waals surface area contributed by atoms with Gasteiger partial charge in [-0.2, -0.15) is 0 Å². The van der Waals surface area contributed by atoms with Gasteiger partial charge in [0.05, 0.1) is 29.5 Å². The molecule has 0 fully saturated rings. The van der Waals surface area contributed by atoms with Gasteiger partial charge in [0, 0.05) is 21.3 Å². The van der Waals surface area contributed by atoms with Crippen molar-refractivity contribution in [2.24, 2.45) is 5.92 Å². The first-order chi connectivity index (χ1) is 18.3. The summed E-state index contributed by atoms with van der Waals surface area (Å²) in [7, 11) is 0. The lowest BCUT2D eigenvalue weighted by Gasteiger charge is -2.26. The quantitative estimate of drug-likeness (QED) is 0.168. The van der Waals surface area contributed by atoms with Crippen molar-refractivity contribution in [3.05, 3.63) is 84.9 Å². The maximum Gasteiger partial charge on any atom is 0.268 e. The van der Waals surface area contributed by atoms with Gasteiger partial charge in [-0.15, -0.1) is 21.5 Å². The molecule has 7 nitrogen and oxygen atoms in total. The van der Waals surface area contributed by atoms with E-state index in [-0.39, 0.29) is 23.2 Å². The molecule has 0 spiro atoms. The maximum atomic E-state index is 14.1. The van der Waals surface area contributed by atoms with Gasteiger partial charge in [0.15, 0.2) is 10.9 Å². The van der Waals surface area contributed by atoms with Gasteiger partial charge >= 0.3 is 0 Å². The fraction of sp³-hybridized carbons (Fsp3) is 0.286. The standard InChI is InChI=1S/C28H25BrN4O3S2/c1-15(2)22-12-20-23(13-36-22)38-26-24(20)25(35)32(19-10-4-16(3)5-11-19)27-30-31-28(33(26)27)37-14-21(34)17-6-8-18(29)9-7-17/h4-11,15,22H,12-14H2,1-3H3/t22-/m0/s1. The number of benzene rings is 2. The monoisotopic (exact) mass is 608 g/mol. The number of aromatic nitrogens is 4. The van der Waals surface area contributed by atoms with Crippen molar-refractivity contribution >= 4 is 60.8 Å². The molecule has 194 valence electrons. The number of thioether (sulfide) groups is 1. The zero-order chi connectivity index (χ0) is 26.6. The number of ether oxygens (including phenoxy) is 1. The molecule has 10 heteroatoms. The van der Waals surface area contributed by atoms with E-state index in [4.69, 9.17) is 4.74 Å². The molecular formula is C28H25BrN4O3S2. The van der Waals surface area contributed by atoms with E-state index in [0.29, 0.717) is 40.8 Å². The highest BCUT2D eigenvalue weighted by atomic mass is 79.9. The molecule has 1 aliphatic rings. The number of aryl methyl sites for hydroxylation is 1. The van der Waals surface area contributed by atoms with Crippen LogP contribution in [0.25, 0.3) is 21.7 Å². The molecule has 5 aromatic rings. The Kier molecular flexibility index (Phi) is 6.75. The van der Waals surface area contributed by atoms with Crippen molar-refractivity contribution in [2.45, 2.75) is 45.1 Å². The second kappa shape index (κ2) is 10.1. The largest absolute Gasteiger partial charge is 0.372 e. The van der Waals surface area contributed by atoms with Crippen LogP contribution >= 0.6 is 39.0 Å². The van der Waals surface area contributed by atoms with Crippen molar-refractivity contribution in [1.82, 2.24) is 19.2 Å². The predicted molar refractivity (Wildman–Crippen MR) is 155 cm³/mol. The van der Waals surface area contributed by atoms with Crippen LogP contribution in [-0.2, 0) is 17.8 Å². The number of hydrogen-bond acceptors (Lipinski definition) is 7. The van der Waals surface area contributed by atoms with Gasteiger partial charge in [-0.1, -0.05) is 71.4 Å². The number of nitrogens with zero attached hydrogens (tertiary/aromatic N) is 4. The third-order valence-corrected chi connectivity index (χ3v) is 9.52. The van der Waals surface area contributed by atoms with Crippen LogP contribution in [0.5, 0.6) is 0 Å². The summed E-state index contributed by atoms with van der Waals surface area (Å²) >= 11 is 6.30. The lowest BCUT2D eigenvalue weighted by atomic mass is 9.96. The zero-order valence-corrected chi connectivity index (χ0v) is 24.3. The summed E-state index contributed by atoms with van der Waals surface area (Å²) in [5.41, 5.74) is 3.42. The minimum Gasteiger partial charge on any atom is -0.372 e. The molecule has 0 saturated carbocycles. The second-order valence-electron chi connectivity index (χ2n) is 9.79. The van der Waals surface area contributed by atoms with E-state index < -0.39 is 0 Å². The summed E-state index contributed by atoms with van der Waals surface area (Å²) in [5.74, 6) is 0.981. The van der Waals surface area contributed by atoms with Crippen LogP contribution in [0.15, 0.2) is 63.0 Å². The molecule has 0 radical (unpaired) electrons. The zero-order valence-electron chi connectivity index (χ0n) is 21.1. The molecule has 0 saturated heterocycles. The highest BCUT2D eigenvalue weighted by molar-refractivity contribution is 9.10. The van der Waals surface area contributed by atoms with Gasteiger partial charge < -0.3 is 4.74 Å². The molecule has 6 rings (SSSR count). The molecule has 0 amide bonds. The number of fused-ring (bicyclic) bond motifs is 5. The molecule has 0 bridgehead atoms. The number of rotatable bonds is 6. The normalized spacial score (nSPS) is 15.4. The number of Topliss-reactive ketones (excluding diaryl/α,β-unsaturated/α-hetero) is 1. The fourth-order valence-electron chi connectivity index (χ4n) is 4.74. The topological polar surface area (TPSA) is 78.5 Å². The Morgan fingerprint density at radius 3 is 2.61 bits per heavy atom. The molecule has 1 atom stereocenters. The van der Waals surface area contributed by atoms with Gasteiger partial charge in [0.1, 0.15) is 4.83 Å². The Labute approximate surface area is 236 Å². The number of carbonyl (C=O) groups is 1. The summed E-state index contributed by atoms with van der Waals surface area (Å²) in [4.78, 5) is 28.9. The molecule has 0 unspecified atom stereocenters. The van der Waals surface area contributed by atoms with Crippen LogP contribution in [0, 0.1) is 12.8 Å².